The standard InChI is InChI=1S/C27H49N3O/c1-20(2)15-17-30(19-27(8,9)29-25(31)24(28)18-21(3)4)23-12-10-22(11-13-23)14-16-26(5,6)7/h10-13,20-21,24H,14-19,28H2,1-9H3,(H,29,31). The Bertz CT molecular complexity index is 656. The molecule has 0 fully saturated rings. The van der Waals surface area contributed by atoms with E-state index in [-0.39, 0.29) is 11.4 Å². The molecule has 31 heavy (non-hydrogen) atoms. The lowest BCUT2D eigenvalue weighted by Gasteiger charge is -2.36. The average Bonchev–Trinajstić information content (AvgIpc) is 2.62. The molecular weight excluding hydrogens is 382 g/mol. The van der Waals surface area contributed by atoms with Gasteiger partial charge in [0.25, 0.3) is 0 Å². The van der Waals surface area contributed by atoms with Crippen molar-refractivity contribution in [1.29, 1.82) is 0 Å². The molecule has 0 aromatic heterocycles. The van der Waals surface area contributed by atoms with Crippen molar-refractivity contribution in [3.05, 3.63) is 29.8 Å². The number of amides is 1. The van der Waals surface area contributed by atoms with Gasteiger partial charge in [-0.15, -0.1) is 0 Å². The second-order valence-electron chi connectivity index (χ2n) is 11.9. The first-order valence-corrected chi connectivity index (χ1v) is 12.1. The van der Waals surface area contributed by atoms with Crippen LogP contribution >= 0.6 is 0 Å². The van der Waals surface area contributed by atoms with E-state index >= 15 is 0 Å². The molecule has 0 radical (unpaired) electrons. The maximum Gasteiger partial charge on any atom is 0.237 e. The first kappa shape index (κ1) is 27.5. The van der Waals surface area contributed by atoms with E-state index in [0.29, 0.717) is 23.7 Å². The Kier molecular flexibility index (Phi) is 10.5. The van der Waals surface area contributed by atoms with E-state index in [0.717, 1.165) is 25.9 Å². The number of hydrogen-bond acceptors (Lipinski definition) is 3. The molecule has 0 aliphatic carbocycles. The number of nitrogens with zero attached hydrogens (tertiary/aromatic N) is 1. The minimum absolute atomic E-state index is 0.0555. The van der Waals surface area contributed by atoms with Crippen LogP contribution in [0.25, 0.3) is 0 Å². The normalized spacial score (nSPS) is 13.5. The van der Waals surface area contributed by atoms with Crippen LogP contribution < -0.4 is 16.0 Å². The zero-order chi connectivity index (χ0) is 23.8. The smallest absolute Gasteiger partial charge is 0.237 e. The van der Waals surface area contributed by atoms with Gasteiger partial charge >= 0.3 is 0 Å². The molecule has 0 saturated carbocycles. The molecule has 1 aromatic rings. The van der Waals surface area contributed by atoms with Crippen LogP contribution in [-0.4, -0.2) is 30.6 Å². The van der Waals surface area contributed by atoms with E-state index in [4.69, 9.17) is 5.73 Å². The van der Waals surface area contributed by atoms with Gasteiger partial charge in [-0.1, -0.05) is 60.6 Å². The van der Waals surface area contributed by atoms with Crippen molar-refractivity contribution in [2.75, 3.05) is 18.0 Å². The van der Waals surface area contributed by atoms with Gasteiger partial charge in [0.05, 0.1) is 11.6 Å². The molecule has 0 aliphatic heterocycles. The van der Waals surface area contributed by atoms with Crippen LogP contribution in [0.15, 0.2) is 24.3 Å². The lowest BCUT2D eigenvalue weighted by molar-refractivity contribution is -0.124. The largest absolute Gasteiger partial charge is 0.369 e. The Morgan fingerprint density at radius 3 is 2.06 bits per heavy atom. The third-order valence-corrected chi connectivity index (χ3v) is 5.55. The van der Waals surface area contributed by atoms with Crippen molar-refractivity contribution in [2.24, 2.45) is 23.0 Å². The highest BCUT2D eigenvalue weighted by atomic mass is 16.2. The summed E-state index contributed by atoms with van der Waals surface area (Å²) in [5.41, 5.74) is 8.70. The highest BCUT2D eigenvalue weighted by Gasteiger charge is 2.27. The minimum Gasteiger partial charge on any atom is -0.369 e. The lowest BCUT2D eigenvalue weighted by Crippen LogP contribution is -2.56. The minimum atomic E-state index is -0.453. The molecule has 1 amide bonds. The summed E-state index contributed by atoms with van der Waals surface area (Å²) in [7, 11) is 0. The Hall–Kier alpha value is -1.55. The van der Waals surface area contributed by atoms with E-state index in [1.165, 1.54) is 17.7 Å². The Morgan fingerprint density at radius 1 is 1.00 bits per heavy atom. The summed E-state index contributed by atoms with van der Waals surface area (Å²) in [6.07, 6.45) is 4.10. The molecule has 1 aromatic carbocycles. The molecule has 1 unspecified atom stereocenters. The first-order valence-electron chi connectivity index (χ1n) is 12.1. The molecule has 4 heteroatoms. The van der Waals surface area contributed by atoms with Crippen LogP contribution in [0, 0.1) is 17.3 Å². The molecule has 0 saturated heterocycles. The van der Waals surface area contributed by atoms with Crippen LogP contribution in [0.4, 0.5) is 5.69 Å². The first-order chi connectivity index (χ1) is 14.2. The number of hydrogen-bond donors (Lipinski definition) is 2. The van der Waals surface area contributed by atoms with Crippen molar-refractivity contribution in [2.45, 2.75) is 99.6 Å². The second kappa shape index (κ2) is 11.9. The molecule has 4 nitrogen and oxygen atoms in total. The van der Waals surface area contributed by atoms with Crippen molar-refractivity contribution in [3.8, 4) is 0 Å². The van der Waals surface area contributed by atoms with E-state index in [9.17, 15) is 4.79 Å². The van der Waals surface area contributed by atoms with Crippen molar-refractivity contribution in [3.63, 3.8) is 0 Å². The third kappa shape index (κ3) is 11.6. The fourth-order valence-corrected chi connectivity index (χ4v) is 3.66. The predicted octanol–water partition coefficient (Wildman–Crippen LogP) is 5.79. The van der Waals surface area contributed by atoms with Crippen LogP contribution in [0.3, 0.4) is 0 Å². The number of anilines is 1. The number of carbonyl (C=O) groups excluding carboxylic acids is 1. The summed E-state index contributed by atoms with van der Waals surface area (Å²) in [6.45, 7) is 21.5. The van der Waals surface area contributed by atoms with Gasteiger partial charge in [-0.05, 0) is 74.5 Å². The summed E-state index contributed by atoms with van der Waals surface area (Å²) >= 11 is 0. The lowest BCUT2D eigenvalue weighted by atomic mass is 9.88. The van der Waals surface area contributed by atoms with Gasteiger partial charge in [0, 0.05) is 18.8 Å². The fourth-order valence-electron chi connectivity index (χ4n) is 3.66. The highest BCUT2D eigenvalue weighted by molar-refractivity contribution is 5.82. The zero-order valence-electron chi connectivity index (χ0n) is 21.7. The van der Waals surface area contributed by atoms with E-state index in [1.54, 1.807) is 0 Å². The summed E-state index contributed by atoms with van der Waals surface area (Å²) in [5, 5.41) is 3.19. The summed E-state index contributed by atoms with van der Waals surface area (Å²) < 4.78 is 0. The van der Waals surface area contributed by atoms with Gasteiger partial charge in [0.15, 0.2) is 0 Å². The van der Waals surface area contributed by atoms with Gasteiger partial charge in [0.2, 0.25) is 5.91 Å². The Labute approximate surface area is 192 Å². The molecular formula is C27H49N3O. The predicted molar refractivity (Wildman–Crippen MR) is 136 cm³/mol. The average molecular weight is 432 g/mol. The third-order valence-electron chi connectivity index (χ3n) is 5.55. The maximum atomic E-state index is 12.6. The van der Waals surface area contributed by atoms with Crippen LogP contribution in [0.5, 0.6) is 0 Å². The monoisotopic (exact) mass is 431 g/mol. The van der Waals surface area contributed by atoms with Crippen LogP contribution in [0.2, 0.25) is 0 Å². The quantitative estimate of drug-likeness (QED) is 0.440. The van der Waals surface area contributed by atoms with Gasteiger partial charge in [-0.3, -0.25) is 4.79 Å². The SMILES string of the molecule is CC(C)CCN(CC(C)(C)NC(=O)C(N)CC(C)C)c1ccc(CCC(C)(C)C)cc1. The number of nitrogens with two attached hydrogens (primary N) is 1. The molecule has 0 bridgehead atoms. The number of nitrogens with one attached hydrogen (secondary N) is 1. The summed E-state index contributed by atoms with van der Waals surface area (Å²) in [4.78, 5) is 15.0. The van der Waals surface area contributed by atoms with Gasteiger partial charge < -0.3 is 16.0 Å². The molecule has 0 heterocycles. The highest BCUT2D eigenvalue weighted by Crippen LogP contribution is 2.24. The number of benzene rings is 1. The fraction of sp³-hybridized carbons (Fsp3) is 0.741. The number of carbonyl (C=O) groups is 1. The summed E-state index contributed by atoms with van der Waals surface area (Å²) in [6, 6.07) is 8.54. The number of aryl methyl sites for hydroxylation is 1. The van der Waals surface area contributed by atoms with Gasteiger partial charge in [0.1, 0.15) is 0 Å². The van der Waals surface area contributed by atoms with E-state index < -0.39 is 6.04 Å². The van der Waals surface area contributed by atoms with Crippen molar-refractivity contribution >= 4 is 11.6 Å². The molecule has 1 rings (SSSR count). The Morgan fingerprint density at radius 2 is 1.58 bits per heavy atom. The molecule has 0 aliphatic rings. The molecule has 178 valence electrons. The zero-order valence-corrected chi connectivity index (χ0v) is 21.7. The summed E-state index contributed by atoms with van der Waals surface area (Å²) in [5.74, 6) is 0.981. The van der Waals surface area contributed by atoms with E-state index in [1.807, 2.05) is 0 Å². The molecule has 0 spiro atoms. The van der Waals surface area contributed by atoms with Crippen LogP contribution in [-0.2, 0) is 11.2 Å². The number of rotatable bonds is 12. The molecule has 3 N–H and O–H groups in total. The molecule has 1 atom stereocenters. The van der Waals surface area contributed by atoms with Gasteiger partial charge in [-0.2, -0.15) is 0 Å². The Balaban J connectivity index is 2.89. The topological polar surface area (TPSA) is 58.4 Å². The van der Waals surface area contributed by atoms with Crippen molar-refractivity contribution in [1.82, 2.24) is 5.32 Å². The van der Waals surface area contributed by atoms with Gasteiger partial charge in [-0.25, -0.2) is 0 Å². The van der Waals surface area contributed by atoms with Crippen molar-refractivity contribution < 1.29 is 4.79 Å². The maximum absolute atomic E-state index is 12.6. The van der Waals surface area contributed by atoms with Crippen LogP contribution in [0.1, 0.15) is 87.1 Å². The second-order valence-corrected chi connectivity index (χ2v) is 11.9. The van der Waals surface area contributed by atoms with E-state index in [2.05, 4.69) is 96.8 Å².